The zero-order valence-corrected chi connectivity index (χ0v) is 13.1. The molecule has 118 valence electrons. The van der Waals surface area contributed by atoms with Crippen molar-refractivity contribution >= 4 is 18.3 Å². The van der Waals surface area contributed by atoms with Gasteiger partial charge in [0, 0.05) is 0 Å². The molecule has 0 aromatic heterocycles. The Morgan fingerprint density at radius 1 is 1.43 bits per heavy atom. The molecule has 1 atom stereocenters. The minimum atomic E-state index is -0.765. The van der Waals surface area contributed by atoms with Crippen LogP contribution < -0.4 is 15.8 Å². The number of benzene rings is 1. The largest absolute Gasteiger partial charge is 0.494 e. The molecular formula is C15H22ClFN2O2. The third kappa shape index (κ3) is 3.86. The molecule has 6 heteroatoms. The molecule has 1 saturated carbocycles. The van der Waals surface area contributed by atoms with Gasteiger partial charge in [0.1, 0.15) is 0 Å². The molecule has 1 aromatic carbocycles. The van der Waals surface area contributed by atoms with Crippen LogP contribution >= 0.6 is 12.4 Å². The Labute approximate surface area is 130 Å². The van der Waals surface area contributed by atoms with E-state index >= 15 is 0 Å². The SMILES string of the molecule is COc1ccc(C(C)NC(=O)C2(N)CCCC2)cc1F.Cl. The van der Waals surface area contributed by atoms with E-state index in [2.05, 4.69) is 5.32 Å². The van der Waals surface area contributed by atoms with Crippen LogP contribution in [0.25, 0.3) is 0 Å². The summed E-state index contributed by atoms with van der Waals surface area (Å²) in [6, 6.07) is 4.39. The fourth-order valence-corrected chi connectivity index (χ4v) is 2.61. The zero-order valence-electron chi connectivity index (χ0n) is 12.3. The van der Waals surface area contributed by atoms with Crippen LogP contribution in [0.1, 0.15) is 44.2 Å². The van der Waals surface area contributed by atoms with Gasteiger partial charge < -0.3 is 15.8 Å². The summed E-state index contributed by atoms with van der Waals surface area (Å²) in [5.74, 6) is -0.397. The average Bonchev–Trinajstić information content (AvgIpc) is 2.87. The summed E-state index contributed by atoms with van der Waals surface area (Å²) in [6.45, 7) is 1.82. The van der Waals surface area contributed by atoms with E-state index in [1.807, 2.05) is 6.92 Å². The summed E-state index contributed by atoms with van der Waals surface area (Å²) < 4.78 is 18.5. The molecule has 1 unspecified atom stereocenters. The van der Waals surface area contributed by atoms with Crippen molar-refractivity contribution in [2.75, 3.05) is 7.11 Å². The first-order chi connectivity index (χ1) is 9.46. The summed E-state index contributed by atoms with van der Waals surface area (Å²) in [4.78, 5) is 12.2. The molecular weight excluding hydrogens is 295 g/mol. The van der Waals surface area contributed by atoms with E-state index in [9.17, 15) is 9.18 Å². The molecule has 4 nitrogen and oxygen atoms in total. The highest BCUT2D eigenvalue weighted by Gasteiger charge is 2.37. The second-order valence-corrected chi connectivity index (χ2v) is 5.45. The maximum atomic E-state index is 13.7. The van der Waals surface area contributed by atoms with E-state index in [1.54, 1.807) is 12.1 Å². The van der Waals surface area contributed by atoms with Gasteiger partial charge in [-0.2, -0.15) is 0 Å². The number of nitrogens with two attached hydrogens (primary N) is 1. The van der Waals surface area contributed by atoms with E-state index in [1.165, 1.54) is 13.2 Å². The normalized spacial score (nSPS) is 17.7. The van der Waals surface area contributed by atoms with Crippen molar-refractivity contribution in [2.45, 2.75) is 44.2 Å². The fourth-order valence-electron chi connectivity index (χ4n) is 2.61. The zero-order chi connectivity index (χ0) is 14.8. The minimum Gasteiger partial charge on any atom is -0.494 e. The standard InChI is InChI=1S/C15H21FN2O2.ClH/c1-10(11-5-6-13(20-2)12(16)9-11)18-14(19)15(17)7-3-4-8-15;/h5-6,9-10H,3-4,7-8,17H2,1-2H3,(H,18,19);1H. The minimum absolute atomic E-state index is 0. The van der Waals surface area contributed by atoms with Crippen LogP contribution in [-0.4, -0.2) is 18.6 Å². The van der Waals surface area contributed by atoms with Gasteiger partial charge in [0.25, 0.3) is 0 Å². The van der Waals surface area contributed by atoms with Gasteiger partial charge in [-0.1, -0.05) is 18.9 Å². The lowest BCUT2D eigenvalue weighted by Crippen LogP contribution is -2.52. The van der Waals surface area contributed by atoms with Crippen molar-refractivity contribution in [3.05, 3.63) is 29.6 Å². The second-order valence-electron chi connectivity index (χ2n) is 5.45. The van der Waals surface area contributed by atoms with Crippen LogP contribution in [0.3, 0.4) is 0 Å². The molecule has 0 aliphatic heterocycles. The number of carbonyl (C=O) groups excluding carboxylic acids is 1. The molecule has 0 spiro atoms. The monoisotopic (exact) mass is 316 g/mol. The maximum Gasteiger partial charge on any atom is 0.240 e. The molecule has 0 bridgehead atoms. The highest BCUT2D eigenvalue weighted by molar-refractivity contribution is 5.86. The summed E-state index contributed by atoms with van der Waals surface area (Å²) in [7, 11) is 1.42. The fraction of sp³-hybridized carbons (Fsp3) is 0.533. The third-order valence-electron chi connectivity index (χ3n) is 3.97. The topological polar surface area (TPSA) is 64.3 Å². The van der Waals surface area contributed by atoms with Crippen LogP contribution in [-0.2, 0) is 4.79 Å². The lowest BCUT2D eigenvalue weighted by Gasteiger charge is -2.25. The van der Waals surface area contributed by atoms with Gasteiger partial charge in [-0.15, -0.1) is 12.4 Å². The summed E-state index contributed by atoms with van der Waals surface area (Å²) in [5.41, 5.74) is 6.03. The van der Waals surface area contributed by atoms with Crippen molar-refractivity contribution in [2.24, 2.45) is 5.73 Å². The summed E-state index contributed by atoms with van der Waals surface area (Å²) in [5, 5.41) is 2.87. The van der Waals surface area contributed by atoms with E-state index in [4.69, 9.17) is 10.5 Å². The molecule has 0 saturated heterocycles. The Morgan fingerprint density at radius 2 is 2.05 bits per heavy atom. The van der Waals surface area contributed by atoms with Crippen molar-refractivity contribution in [1.82, 2.24) is 5.32 Å². The van der Waals surface area contributed by atoms with Crippen LogP contribution in [0.2, 0.25) is 0 Å². The number of carbonyl (C=O) groups is 1. The maximum absolute atomic E-state index is 13.7. The van der Waals surface area contributed by atoms with Gasteiger partial charge in [0.2, 0.25) is 5.91 Å². The van der Waals surface area contributed by atoms with E-state index in [0.717, 1.165) is 12.8 Å². The van der Waals surface area contributed by atoms with Crippen molar-refractivity contribution in [1.29, 1.82) is 0 Å². The summed E-state index contributed by atoms with van der Waals surface area (Å²) >= 11 is 0. The van der Waals surface area contributed by atoms with Crippen molar-refractivity contribution in [3.8, 4) is 5.75 Å². The molecule has 1 aliphatic carbocycles. The predicted octanol–water partition coefficient (Wildman–Crippen LogP) is 2.70. The first-order valence-electron chi connectivity index (χ1n) is 6.89. The molecule has 0 radical (unpaired) electrons. The number of amides is 1. The van der Waals surface area contributed by atoms with Gasteiger partial charge in [-0.25, -0.2) is 4.39 Å². The molecule has 1 aliphatic rings. The Bertz CT molecular complexity index is 504. The Hall–Kier alpha value is -1.33. The van der Waals surface area contributed by atoms with Gasteiger partial charge in [-0.3, -0.25) is 4.79 Å². The van der Waals surface area contributed by atoms with Crippen LogP contribution in [0.4, 0.5) is 4.39 Å². The van der Waals surface area contributed by atoms with Gasteiger partial charge >= 0.3 is 0 Å². The second kappa shape index (κ2) is 7.09. The van der Waals surface area contributed by atoms with Crippen molar-refractivity contribution < 1.29 is 13.9 Å². The van der Waals surface area contributed by atoms with E-state index in [-0.39, 0.29) is 30.1 Å². The molecule has 1 aromatic rings. The lowest BCUT2D eigenvalue weighted by molar-refractivity contribution is -0.126. The number of rotatable bonds is 4. The van der Waals surface area contributed by atoms with Crippen molar-refractivity contribution in [3.63, 3.8) is 0 Å². The molecule has 1 fully saturated rings. The molecule has 0 heterocycles. The number of hydrogen-bond acceptors (Lipinski definition) is 3. The van der Waals surface area contributed by atoms with E-state index in [0.29, 0.717) is 18.4 Å². The Kier molecular flexibility index (Phi) is 5.98. The third-order valence-corrected chi connectivity index (χ3v) is 3.97. The van der Waals surface area contributed by atoms with Crippen LogP contribution in [0.5, 0.6) is 5.75 Å². The first-order valence-corrected chi connectivity index (χ1v) is 6.89. The summed E-state index contributed by atoms with van der Waals surface area (Å²) in [6.07, 6.45) is 3.38. The molecule has 3 N–H and O–H groups in total. The number of hydrogen-bond donors (Lipinski definition) is 2. The average molecular weight is 317 g/mol. The van der Waals surface area contributed by atoms with Crippen LogP contribution in [0, 0.1) is 5.82 Å². The lowest BCUT2D eigenvalue weighted by atomic mass is 9.97. The first kappa shape index (κ1) is 17.7. The predicted molar refractivity (Wildman–Crippen MR) is 82.1 cm³/mol. The van der Waals surface area contributed by atoms with Gasteiger partial charge in [-0.05, 0) is 37.5 Å². The Balaban J connectivity index is 0.00000220. The van der Waals surface area contributed by atoms with Crippen LogP contribution in [0.15, 0.2) is 18.2 Å². The number of methoxy groups -OCH3 is 1. The Morgan fingerprint density at radius 3 is 2.57 bits per heavy atom. The molecule has 2 rings (SSSR count). The van der Waals surface area contributed by atoms with Gasteiger partial charge in [0.15, 0.2) is 11.6 Å². The molecule has 21 heavy (non-hydrogen) atoms. The smallest absolute Gasteiger partial charge is 0.240 e. The number of ether oxygens (including phenoxy) is 1. The van der Waals surface area contributed by atoms with Gasteiger partial charge in [0.05, 0.1) is 18.7 Å². The van der Waals surface area contributed by atoms with E-state index < -0.39 is 11.4 Å². The highest BCUT2D eigenvalue weighted by atomic mass is 35.5. The highest BCUT2D eigenvalue weighted by Crippen LogP contribution is 2.28. The molecule has 1 amide bonds. The number of nitrogens with one attached hydrogen (secondary N) is 1. The quantitative estimate of drug-likeness (QED) is 0.897. The number of halogens is 2.